The summed E-state index contributed by atoms with van der Waals surface area (Å²) >= 11 is 0. The maximum Gasteiger partial charge on any atom is 0.298 e. The molecule has 8 nitrogen and oxygen atoms in total. The highest BCUT2D eigenvalue weighted by atomic mass is 32.2. The van der Waals surface area contributed by atoms with Crippen LogP contribution in [0.3, 0.4) is 0 Å². The average molecular weight is 534 g/mol. The molecule has 0 saturated heterocycles. The lowest BCUT2D eigenvalue weighted by Crippen LogP contribution is -2.32. The van der Waals surface area contributed by atoms with Gasteiger partial charge in [-0.1, -0.05) is 67.8 Å². The molecule has 0 aliphatic carbocycles. The van der Waals surface area contributed by atoms with Gasteiger partial charge in [-0.2, -0.15) is 8.42 Å². The van der Waals surface area contributed by atoms with Crippen LogP contribution in [-0.4, -0.2) is 34.5 Å². The molecule has 38 heavy (non-hydrogen) atoms. The topological polar surface area (TPSA) is 132 Å². The fourth-order valence-corrected chi connectivity index (χ4v) is 5.41. The number of carbonyl (C=O) groups is 1. The number of para-hydroxylation sites is 2. The van der Waals surface area contributed by atoms with Crippen LogP contribution in [0.5, 0.6) is 11.5 Å². The fourth-order valence-electron chi connectivity index (χ4n) is 4.50. The number of nitrogens with one attached hydrogen (secondary N) is 2. The number of nitrogens with zero attached hydrogens (tertiary/aromatic N) is 1. The van der Waals surface area contributed by atoms with E-state index in [-0.39, 0.29) is 16.9 Å². The van der Waals surface area contributed by atoms with E-state index in [1.54, 1.807) is 37.3 Å². The molecule has 9 heteroatoms. The van der Waals surface area contributed by atoms with Crippen molar-refractivity contribution in [2.45, 2.75) is 51.6 Å². The second-order valence-corrected chi connectivity index (χ2v) is 11.0. The number of aryl methyl sites for hydroxylation is 2. The first-order valence-electron chi connectivity index (χ1n) is 12.4. The SMILES string of the molecule is C=C(C)c1ccc(C)cc1-c1c(O)cc(CCCCC)c(C(=O)NS(=O)(=O)c2nc3ccccc3[nH]2)c1O. The number of sulfonamides is 1. The second kappa shape index (κ2) is 10.7. The summed E-state index contributed by atoms with van der Waals surface area (Å²) in [6, 6.07) is 13.7. The first-order chi connectivity index (χ1) is 18.0. The van der Waals surface area contributed by atoms with Crippen molar-refractivity contribution in [3.05, 3.63) is 77.4 Å². The summed E-state index contributed by atoms with van der Waals surface area (Å²) in [4.78, 5) is 20.3. The van der Waals surface area contributed by atoms with Crippen LogP contribution in [0, 0.1) is 6.92 Å². The third kappa shape index (κ3) is 5.28. The molecule has 4 N–H and O–H groups in total. The molecule has 198 valence electrons. The van der Waals surface area contributed by atoms with E-state index in [4.69, 9.17) is 0 Å². The van der Waals surface area contributed by atoms with Crippen LogP contribution in [0.2, 0.25) is 0 Å². The normalized spacial score (nSPS) is 11.6. The molecule has 0 unspecified atom stereocenters. The lowest BCUT2D eigenvalue weighted by Gasteiger charge is -2.19. The molecular formula is C29H31N3O5S. The summed E-state index contributed by atoms with van der Waals surface area (Å²) in [7, 11) is -4.40. The largest absolute Gasteiger partial charge is 0.507 e. The van der Waals surface area contributed by atoms with Crippen LogP contribution in [0.1, 0.15) is 60.2 Å². The Bertz CT molecular complexity index is 1620. The summed E-state index contributed by atoms with van der Waals surface area (Å²) in [5.41, 5.74) is 3.85. The molecule has 0 fully saturated rings. The maximum atomic E-state index is 13.5. The monoisotopic (exact) mass is 533 g/mol. The molecule has 1 heterocycles. The van der Waals surface area contributed by atoms with E-state index < -0.39 is 26.8 Å². The van der Waals surface area contributed by atoms with Crippen molar-refractivity contribution in [3.63, 3.8) is 0 Å². The molecule has 3 aromatic carbocycles. The van der Waals surface area contributed by atoms with Gasteiger partial charge in [-0.15, -0.1) is 0 Å². The zero-order chi connectivity index (χ0) is 27.6. The van der Waals surface area contributed by atoms with Gasteiger partial charge in [0.25, 0.3) is 15.9 Å². The van der Waals surface area contributed by atoms with Crippen molar-refractivity contribution in [3.8, 4) is 22.6 Å². The predicted molar refractivity (Wildman–Crippen MR) is 149 cm³/mol. The lowest BCUT2D eigenvalue weighted by atomic mass is 9.89. The molecule has 1 amide bonds. The van der Waals surface area contributed by atoms with Gasteiger partial charge in [0.2, 0.25) is 5.16 Å². The Morgan fingerprint density at radius 3 is 2.53 bits per heavy atom. The molecule has 4 aromatic rings. The van der Waals surface area contributed by atoms with Gasteiger partial charge in [-0.05, 0) is 61.6 Å². The highest BCUT2D eigenvalue weighted by molar-refractivity contribution is 7.89. The minimum absolute atomic E-state index is 0.0391. The van der Waals surface area contributed by atoms with E-state index in [1.165, 1.54) is 6.07 Å². The number of fused-ring (bicyclic) bond motifs is 1. The quantitative estimate of drug-likeness (QED) is 0.200. The van der Waals surface area contributed by atoms with Crippen molar-refractivity contribution in [1.82, 2.24) is 14.7 Å². The molecule has 0 spiro atoms. The summed E-state index contributed by atoms with van der Waals surface area (Å²) in [6.45, 7) is 9.69. The Morgan fingerprint density at radius 2 is 1.84 bits per heavy atom. The van der Waals surface area contributed by atoms with Gasteiger partial charge in [-0.3, -0.25) is 4.79 Å². The number of hydrogen-bond donors (Lipinski definition) is 4. The Balaban J connectivity index is 1.84. The smallest absolute Gasteiger partial charge is 0.298 e. The summed E-state index contributed by atoms with van der Waals surface area (Å²) < 4.78 is 28.3. The van der Waals surface area contributed by atoms with Gasteiger partial charge in [0.1, 0.15) is 11.5 Å². The Labute approximate surface area is 222 Å². The standard InChI is InChI=1S/C29H31N3O5S/c1-5-6-7-10-19-16-24(33)26(21-15-18(4)13-14-20(21)17(2)3)27(34)25(19)28(35)32-38(36,37)29-30-22-11-8-9-12-23(22)31-29/h8-9,11-16,33-34H,2,5-7,10H2,1,3-4H3,(H,30,31)(H,32,35). The van der Waals surface area contributed by atoms with Crippen LogP contribution in [0.4, 0.5) is 0 Å². The van der Waals surface area contributed by atoms with Crippen LogP contribution >= 0.6 is 0 Å². The molecule has 4 rings (SSSR count). The first kappa shape index (κ1) is 26.9. The predicted octanol–water partition coefficient (Wildman–Crippen LogP) is 5.83. The molecule has 0 saturated carbocycles. The van der Waals surface area contributed by atoms with Gasteiger partial charge in [0.05, 0.1) is 22.2 Å². The summed E-state index contributed by atoms with van der Waals surface area (Å²) in [6.07, 6.45) is 2.83. The third-order valence-electron chi connectivity index (χ3n) is 6.39. The number of H-pyrrole nitrogens is 1. The Morgan fingerprint density at radius 1 is 1.11 bits per heavy atom. The zero-order valence-electron chi connectivity index (χ0n) is 21.6. The minimum atomic E-state index is -4.40. The molecule has 0 aliphatic heterocycles. The number of hydrogen-bond acceptors (Lipinski definition) is 6. The number of carbonyl (C=O) groups excluding carboxylic acids is 1. The van der Waals surface area contributed by atoms with Crippen LogP contribution in [-0.2, 0) is 16.4 Å². The number of rotatable bonds is 9. The molecule has 0 radical (unpaired) electrons. The molecule has 0 aliphatic rings. The number of unbranched alkanes of at least 4 members (excludes halogenated alkanes) is 2. The second-order valence-electron chi connectivity index (χ2n) is 9.43. The number of amides is 1. The summed E-state index contributed by atoms with van der Waals surface area (Å²) in [5, 5.41) is 22.0. The number of phenolic OH excluding ortho intramolecular Hbond substituents is 2. The van der Waals surface area contributed by atoms with E-state index in [0.29, 0.717) is 46.1 Å². The number of aromatic amines is 1. The number of aromatic nitrogens is 2. The highest BCUT2D eigenvalue weighted by Crippen LogP contribution is 2.44. The zero-order valence-corrected chi connectivity index (χ0v) is 22.4. The number of benzene rings is 3. The number of imidazole rings is 1. The number of allylic oxidation sites excluding steroid dienone is 1. The molecule has 0 bridgehead atoms. The molecule has 0 atom stereocenters. The number of aromatic hydroxyl groups is 2. The lowest BCUT2D eigenvalue weighted by molar-refractivity contribution is 0.0977. The van der Waals surface area contributed by atoms with Crippen LogP contribution in [0.15, 0.2) is 60.3 Å². The van der Waals surface area contributed by atoms with Crippen LogP contribution < -0.4 is 4.72 Å². The first-order valence-corrected chi connectivity index (χ1v) is 13.9. The third-order valence-corrected chi connectivity index (χ3v) is 7.55. The van der Waals surface area contributed by atoms with E-state index in [1.807, 2.05) is 30.7 Å². The molecular weight excluding hydrogens is 502 g/mol. The van der Waals surface area contributed by atoms with Gasteiger partial charge >= 0.3 is 0 Å². The highest BCUT2D eigenvalue weighted by Gasteiger charge is 2.29. The van der Waals surface area contributed by atoms with E-state index in [2.05, 4.69) is 16.5 Å². The Hall–Kier alpha value is -4.11. The van der Waals surface area contributed by atoms with Crippen molar-refractivity contribution in [2.24, 2.45) is 0 Å². The van der Waals surface area contributed by atoms with Gasteiger partial charge in [0.15, 0.2) is 0 Å². The Kier molecular flexibility index (Phi) is 7.59. The van der Waals surface area contributed by atoms with E-state index >= 15 is 0 Å². The van der Waals surface area contributed by atoms with Crippen LogP contribution in [0.25, 0.3) is 27.7 Å². The van der Waals surface area contributed by atoms with Gasteiger partial charge in [-0.25, -0.2) is 9.71 Å². The van der Waals surface area contributed by atoms with Crippen molar-refractivity contribution < 1.29 is 23.4 Å². The van der Waals surface area contributed by atoms with Gasteiger partial charge in [0, 0.05) is 0 Å². The summed E-state index contributed by atoms with van der Waals surface area (Å²) in [5.74, 6) is -1.72. The van der Waals surface area contributed by atoms with Crippen molar-refractivity contribution >= 4 is 32.5 Å². The van der Waals surface area contributed by atoms with E-state index in [0.717, 1.165) is 18.4 Å². The van der Waals surface area contributed by atoms with Crippen molar-refractivity contribution in [2.75, 3.05) is 0 Å². The van der Waals surface area contributed by atoms with Crippen molar-refractivity contribution in [1.29, 1.82) is 0 Å². The average Bonchev–Trinajstić information content (AvgIpc) is 3.29. The number of phenols is 2. The van der Waals surface area contributed by atoms with Gasteiger partial charge < -0.3 is 15.2 Å². The molecule has 1 aromatic heterocycles. The maximum absolute atomic E-state index is 13.5. The van der Waals surface area contributed by atoms with E-state index in [9.17, 15) is 23.4 Å². The fraction of sp³-hybridized carbons (Fsp3) is 0.241. The minimum Gasteiger partial charge on any atom is -0.507 e.